The van der Waals surface area contributed by atoms with Crippen molar-refractivity contribution < 1.29 is 4.79 Å². The van der Waals surface area contributed by atoms with Crippen LogP contribution in [0.25, 0.3) is 11.1 Å². The lowest BCUT2D eigenvalue weighted by Crippen LogP contribution is -1.83. The number of rotatable bonds is 1. The molecule has 0 radical (unpaired) electrons. The number of hydrogen-bond donors (Lipinski definition) is 0. The van der Waals surface area contributed by atoms with Crippen molar-refractivity contribution in [1.82, 2.24) is 0 Å². The fourth-order valence-electron chi connectivity index (χ4n) is 3.01. The van der Waals surface area contributed by atoms with Crippen molar-refractivity contribution in [3.63, 3.8) is 0 Å². The Hall–Kier alpha value is -3.11. The van der Waals surface area contributed by atoms with Gasteiger partial charge in [0.05, 0.1) is 0 Å². The monoisotopic (exact) mass is 294 g/mol. The summed E-state index contributed by atoms with van der Waals surface area (Å²) < 4.78 is 0. The van der Waals surface area contributed by atoms with Gasteiger partial charge in [-0.05, 0) is 52.9 Å². The summed E-state index contributed by atoms with van der Waals surface area (Å²) in [4.78, 5) is 10.7. The number of carbonyl (C=O) groups excluding carboxylic acids is 1. The molecule has 1 nitrogen and oxygen atoms in total. The summed E-state index contributed by atoms with van der Waals surface area (Å²) in [5.41, 5.74) is 8.00. The Morgan fingerprint density at radius 3 is 2.26 bits per heavy atom. The highest BCUT2D eigenvalue weighted by Crippen LogP contribution is 2.36. The van der Waals surface area contributed by atoms with Gasteiger partial charge in [-0.1, -0.05) is 54.3 Å². The summed E-state index contributed by atoms with van der Waals surface area (Å²) in [6, 6.07) is 22.3. The van der Waals surface area contributed by atoms with Crippen molar-refractivity contribution in [2.24, 2.45) is 0 Å². The quantitative estimate of drug-likeness (QED) is 0.374. The van der Waals surface area contributed by atoms with Crippen LogP contribution in [0.4, 0.5) is 0 Å². The van der Waals surface area contributed by atoms with Crippen LogP contribution in [-0.2, 0) is 6.42 Å². The lowest BCUT2D eigenvalue weighted by atomic mass is 10.0. The summed E-state index contributed by atoms with van der Waals surface area (Å²) in [7, 11) is 0. The van der Waals surface area contributed by atoms with Gasteiger partial charge in [0.1, 0.15) is 6.29 Å². The van der Waals surface area contributed by atoms with Crippen LogP contribution < -0.4 is 0 Å². The van der Waals surface area contributed by atoms with E-state index < -0.39 is 0 Å². The molecule has 0 heterocycles. The molecule has 0 saturated carbocycles. The van der Waals surface area contributed by atoms with Crippen LogP contribution in [-0.4, -0.2) is 6.29 Å². The van der Waals surface area contributed by atoms with Crippen molar-refractivity contribution in [2.45, 2.75) is 6.42 Å². The van der Waals surface area contributed by atoms with Crippen LogP contribution in [0, 0.1) is 11.8 Å². The highest BCUT2D eigenvalue weighted by molar-refractivity contribution is 5.77. The van der Waals surface area contributed by atoms with E-state index in [-0.39, 0.29) is 0 Å². The van der Waals surface area contributed by atoms with E-state index in [4.69, 9.17) is 0 Å². The fourth-order valence-corrected chi connectivity index (χ4v) is 3.01. The van der Waals surface area contributed by atoms with Gasteiger partial charge in [-0.15, -0.1) is 0 Å². The predicted octanol–water partition coefficient (Wildman–Crippen LogP) is 4.47. The minimum absolute atomic E-state index is 0.672. The zero-order valence-corrected chi connectivity index (χ0v) is 12.5. The van der Waals surface area contributed by atoms with Crippen LogP contribution in [0.5, 0.6) is 0 Å². The molecule has 0 fully saturated rings. The lowest BCUT2D eigenvalue weighted by molar-refractivity contribution is 0.112. The number of fused-ring (bicyclic) bond motifs is 3. The van der Waals surface area contributed by atoms with Crippen LogP contribution >= 0.6 is 0 Å². The second-order valence-corrected chi connectivity index (χ2v) is 5.70. The molecule has 0 atom stereocenters. The smallest absolute Gasteiger partial charge is 0.150 e. The van der Waals surface area contributed by atoms with Gasteiger partial charge in [-0.3, -0.25) is 4.79 Å². The van der Waals surface area contributed by atoms with Gasteiger partial charge in [0, 0.05) is 16.7 Å². The van der Waals surface area contributed by atoms with Gasteiger partial charge in [0.25, 0.3) is 0 Å². The average molecular weight is 294 g/mol. The molecule has 1 aliphatic carbocycles. The third-order valence-electron chi connectivity index (χ3n) is 4.19. The summed E-state index contributed by atoms with van der Waals surface area (Å²) in [5.74, 6) is 6.38. The topological polar surface area (TPSA) is 17.1 Å². The Balaban J connectivity index is 1.64. The molecule has 1 heteroatoms. The van der Waals surface area contributed by atoms with E-state index in [0.29, 0.717) is 5.56 Å². The summed E-state index contributed by atoms with van der Waals surface area (Å²) in [5, 5.41) is 0. The molecule has 23 heavy (non-hydrogen) atoms. The Morgan fingerprint density at radius 1 is 0.739 bits per heavy atom. The van der Waals surface area contributed by atoms with E-state index >= 15 is 0 Å². The van der Waals surface area contributed by atoms with Crippen molar-refractivity contribution in [1.29, 1.82) is 0 Å². The molecule has 108 valence electrons. The molecular formula is C22H14O. The molecule has 0 aromatic heterocycles. The van der Waals surface area contributed by atoms with Gasteiger partial charge >= 0.3 is 0 Å². The van der Waals surface area contributed by atoms with Crippen molar-refractivity contribution in [3.8, 4) is 23.0 Å². The van der Waals surface area contributed by atoms with Crippen LogP contribution in [0.15, 0.2) is 66.7 Å². The SMILES string of the molecule is O=Cc1ccc(C#Cc2ccc3c(c2)Cc2ccccc2-3)cc1. The summed E-state index contributed by atoms with van der Waals surface area (Å²) >= 11 is 0. The van der Waals surface area contributed by atoms with Crippen molar-refractivity contribution in [3.05, 3.63) is 94.5 Å². The summed E-state index contributed by atoms with van der Waals surface area (Å²) in [6.45, 7) is 0. The first-order chi connectivity index (χ1) is 11.3. The molecule has 0 spiro atoms. The van der Waals surface area contributed by atoms with Crippen LogP contribution in [0.2, 0.25) is 0 Å². The first-order valence-electron chi connectivity index (χ1n) is 7.62. The Bertz CT molecular complexity index is 953. The normalized spacial score (nSPS) is 11.1. The number of benzene rings is 3. The first kappa shape index (κ1) is 13.5. The highest BCUT2D eigenvalue weighted by Gasteiger charge is 2.17. The Morgan fingerprint density at radius 2 is 1.43 bits per heavy atom. The number of hydrogen-bond acceptors (Lipinski definition) is 1. The standard InChI is InChI=1S/C22H14O/c23-15-18-9-6-16(7-10-18)5-8-17-11-12-22-20(13-17)14-19-3-1-2-4-21(19)22/h1-4,6-7,9-13,15H,14H2. The second-order valence-electron chi connectivity index (χ2n) is 5.70. The predicted molar refractivity (Wildman–Crippen MR) is 92.5 cm³/mol. The van der Waals surface area contributed by atoms with Gasteiger partial charge in [0.15, 0.2) is 0 Å². The second kappa shape index (κ2) is 5.59. The van der Waals surface area contributed by atoms with Crippen molar-refractivity contribution >= 4 is 6.29 Å². The fraction of sp³-hybridized carbons (Fsp3) is 0.0455. The number of aldehydes is 1. The lowest BCUT2D eigenvalue weighted by Gasteiger charge is -2.00. The van der Waals surface area contributed by atoms with Gasteiger partial charge in [-0.25, -0.2) is 0 Å². The maximum absolute atomic E-state index is 10.7. The zero-order valence-electron chi connectivity index (χ0n) is 12.5. The van der Waals surface area contributed by atoms with Gasteiger partial charge in [-0.2, -0.15) is 0 Å². The molecule has 4 rings (SSSR count). The third kappa shape index (κ3) is 2.56. The van der Waals surface area contributed by atoms with Gasteiger partial charge in [0.2, 0.25) is 0 Å². The maximum atomic E-state index is 10.7. The minimum atomic E-state index is 0.672. The maximum Gasteiger partial charge on any atom is 0.150 e. The molecule has 0 aliphatic heterocycles. The van der Waals surface area contributed by atoms with E-state index in [2.05, 4.69) is 54.3 Å². The van der Waals surface area contributed by atoms with Crippen LogP contribution in [0.3, 0.4) is 0 Å². The molecule has 1 aliphatic rings. The molecule has 0 saturated heterocycles. The van der Waals surface area contributed by atoms with Crippen LogP contribution in [0.1, 0.15) is 32.6 Å². The van der Waals surface area contributed by atoms with E-state index in [0.717, 1.165) is 23.8 Å². The molecule has 3 aromatic carbocycles. The highest BCUT2D eigenvalue weighted by atomic mass is 16.1. The van der Waals surface area contributed by atoms with E-state index in [1.54, 1.807) is 12.1 Å². The molecular weight excluding hydrogens is 280 g/mol. The largest absolute Gasteiger partial charge is 0.298 e. The zero-order chi connectivity index (χ0) is 15.6. The molecule has 0 bridgehead atoms. The third-order valence-corrected chi connectivity index (χ3v) is 4.19. The molecule has 0 N–H and O–H groups in total. The Labute approximate surface area is 135 Å². The molecule has 0 unspecified atom stereocenters. The van der Waals surface area contributed by atoms with E-state index in [9.17, 15) is 4.79 Å². The molecule has 0 amide bonds. The van der Waals surface area contributed by atoms with E-state index in [1.165, 1.54) is 22.3 Å². The van der Waals surface area contributed by atoms with Crippen molar-refractivity contribution in [2.75, 3.05) is 0 Å². The number of carbonyl (C=O) groups is 1. The molecule has 3 aromatic rings. The Kier molecular flexibility index (Phi) is 3.29. The van der Waals surface area contributed by atoms with Gasteiger partial charge < -0.3 is 0 Å². The summed E-state index contributed by atoms with van der Waals surface area (Å²) in [6.07, 6.45) is 1.82. The minimum Gasteiger partial charge on any atom is -0.298 e. The average Bonchev–Trinajstić information content (AvgIpc) is 2.98. The first-order valence-corrected chi connectivity index (χ1v) is 7.62. The van der Waals surface area contributed by atoms with E-state index in [1.807, 2.05) is 12.1 Å².